The standard InChI is InChI=1S/C3H6FO4P.Na.H/c1-2-3(4)8-9(5,6)7;;/h2-3H,1H2,(H2,5,6,7);;. The van der Waals surface area contributed by atoms with E-state index in [1.807, 2.05) is 0 Å². The quantitative estimate of drug-likeness (QED) is 0.362. The molecular weight excluding hydrogens is 173 g/mol. The van der Waals surface area contributed by atoms with Crippen LogP contribution in [0.5, 0.6) is 0 Å². The van der Waals surface area contributed by atoms with Crippen LogP contribution in [0.3, 0.4) is 0 Å². The van der Waals surface area contributed by atoms with E-state index in [0.29, 0.717) is 6.08 Å². The van der Waals surface area contributed by atoms with Crippen molar-refractivity contribution >= 4 is 37.4 Å². The third-order valence-electron chi connectivity index (χ3n) is 0.423. The Balaban J connectivity index is 0. The van der Waals surface area contributed by atoms with Crippen molar-refractivity contribution in [2.45, 2.75) is 6.36 Å². The van der Waals surface area contributed by atoms with E-state index in [9.17, 15) is 8.96 Å². The van der Waals surface area contributed by atoms with Gasteiger partial charge in [0.2, 0.25) is 6.36 Å². The van der Waals surface area contributed by atoms with Gasteiger partial charge >= 0.3 is 37.4 Å². The van der Waals surface area contributed by atoms with Gasteiger partial charge in [0.15, 0.2) is 0 Å². The van der Waals surface area contributed by atoms with Crippen molar-refractivity contribution in [1.82, 2.24) is 0 Å². The maximum absolute atomic E-state index is 11.8. The molecule has 0 spiro atoms. The molecule has 4 nitrogen and oxygen atoms in total. The zero-order chi connectivity index (χ0) is 7.49. The monoisotopic (exact) mass is 180 g/mol. The Kier molecular flexibility index (Phi) is 7.27. The topological polar surface area (TPSA) is 66.8 Å². The molecule has 0 bridgehead atoms. The number of rotatable bonds is 3. The van der Waals surface area contributed by atoms with Crippen molar-refractivity contribution in [3.63, 3.8) is 0 Å². The average molecular weight is 180 g/mol. The molecule has 0 heterocycles. The molecule has 56 valence electrons. The first-order valence-electron chi connectivity index (χ1n) is 1.96. The Morgan fingerprint density at radius 1 is 1.70 bits per heavy atom. The summed E-state index contributed by atoms with van der Waals surface area (Å²) in [5.41, 5.74) is 0. The summed E-state index contributed by atoms with van der Waals surface area (Å²) in [4.78, 5) is 15.8. The molecule has 0 aliphatic carbocycles. The van der Waals surface area contributed by atoms with Crippen molar-refractivity contribution in [1.29, 1.82) is 0 Å². The first-order chi connectivity index (χ1) is 3.95. The molecular formula is C3H7FNaO4P. The maximum atomic E-state index is 11.8. The van der Waals surface area contributed by atoms with Crippen molar-refractivity contribution < 1.29 is 23.3 Å². The zero-order valence-corrected chi connectivity index (χ0v) is 5.29. The summed E-state index contributed by atoms with van der Waals surface area (Å²) in [6, 6.07) is 0. The van der Waals surface area contributed by atoms with Crippen LogP contribution in [0.15, 0.2) is 12.7 Å². The van der Waals surface area contributed by atoms with Crippen LogP contribution in [-0.2, 0) is 9.09 Å². The zero-order valence-electron chi connectivity index (χ0n) is 4.40. The molecule has 0 fully saturated rings. The van der Waals surface area contributed by atoms with Gasteiger partial charge in [-0.3, -0.25) is 0 Å². The summed E-state index contributed by atoms with van der Waals surface area (Å²) in [6.07, 6.45) is -1.47. The van der Waals surface area contributed by atoms with Crippen molar-refractivity contribution in [2.75, 3.05) is 0 Å². The van der Waals surface area contributed by atoms with Gasteiger partial charge in [0.1, 0.15) is 0 Å². The molecule has 1 atom stereocenters. The number of phosphoric ester groups is 1. The van der Waals surface area contributed by atoms with E-state index in [4.69, 9.17) is 9.79 Å². The number of hydrogen-bond acceptors (Lipinski definition) is 2. The number of alkyl halides is 1. The SMILES string of the molecule is C=CC(F)OP(=O)(O)O.[NaH]. The predicted octanol–water partition coefficient (Wildman–Crippen LogP) is -0.0712. The molecule has 10 heavy (non-hydrogen) atoms. The fraction of sp³-hybridized carbons (Fsp3) is 0.333. The van der Waals surface area contributed by atoms with E-state index < -0.39 is 14.2 Å². The van der Waals surface area contributed by atoms with Crippen LogP contribution in [0.1, 0.15) is 0 Å². The Morgan fingerprint density at radius 2 is 2.10 bits per heavy atom. The summed E-state index contributed by atoms with van der Waals surface area (Å²) in [5.74, 6) is 0. The van der Waals surface area contributed by atoms with Gasteiger partial charge in [-0.05, 0) is 6.08 Å². The molecule has 0 aromatic carbocycles. The van der Waals surface area contributed by atoms with E-state index in [1.165, 1.54) is 0 Å². The van der Waals surface area contributed by atoms with Gasteiger partial charge in [0.05, 0.1) is 0 Å². The molecule has 0 saturated heterocycles. The Bertz CT molecular complexity index is 145. The first kappa shape index (κ1) is 13.4. The van der Waals surface area contributed by atoms with E-state index >= 15 is 0 Å². The summed E-state index contributed by atoms with van der Waals surface area (Å²) >= 11 is 0. The van der Waals surface area contributed by atoms with Gasteiger partial charge < -0.3 is 9.79 Å². The molecule has 0 aromatic heterocycles. The molecule has 7 heteroatoms. The van der Waals surface area contributed by atoms with Crippen LogP contribution < -0.4 is 0 Å². The fourth-order valence-corrected chi connectivity index (χ4v) is 0.523. The van der Waals surface area contributed by atoms with Crippen LogP contribution in [0.4, 0.5) is 4.39 Å². The van der Waals surface area contributed by atoms with Gasteiger partial charge in [0, 0.05) is 0 Å². The summed E-state index contributed by atoms with van der Waals surface area (Å²) in [6.45, 7) is 2.90. The summed E-state index contributed by atoms with van der Waals surface area (Å²) < 4.78 is 25.0. The van der Waals surface area contributed by atoms with Crippen LogP contribution in [0.25, 0.3) is 0 Å². The third-order valence-corrected chi connectivity index (χ3v) is 0.899. The molecule has 0 saturated carbocycles. The van der Waals surface area contributed by atoms with Crippen LogP contribution in [0, 0.1) is 0 Å². The minimum atomic E-state index is -4.68. The van der Waals surface area contributed by atoms with Gasteiger partial charge in [-0.1, -0.05) is 6.58 Å². The average Bonchev–Trinajstić information content (AvgIpc) is 1.62. The van der Waals surface area contributed by atoms with E-state index in [0.717, 1.165) is 0 Å². The van der Waals surface area contributed by atoms with E-state index in [2.05, 4.69) is 11.1 Å². The van der Waals surface area contributed by atoms with Gasteiger partial charge in [-0.2, -0.15) is 0 Å². The first-order valence-corrected chi connectivity index (χ1v) is 3.49. The van der Waals surface area contributed by atoms with Gasteiger partial charge in [0.25, 0.3) is 0 Å². The molecule has 0 radical (unpaired) electrons. The second kappa shape index (κ2) is 5.43. The molecule has 0 aromatic rings. The number of halogens is 1. The molecule has 0 aliphatic heterocycles. The molecule has 0 rings (SSSR count). The van der Waals surface area contributed by atoms with Gasteiger partial charge in [-0.15, -0.1) is 0 Å². The summed E-state index contributed by atoms with van der Waals surface area (Å²) in [7, 11) is -4.68. The van der Waals surface area contributed by atoms with Crippen molar-refractivity contribution in [3.05, 3.63) is 12.7 Å². The number of phosphoric acid groups is 1. The van der Waals surface area contributed by atoms with Crippen molar-refractivity contribution in [2.24, 2.45) is 0 Å². The van der Waals surface area contributed by atoms with E-state index in [1.54, 1.807) is 0 Å². The Labute approximate surface area is 79.6 Å². The van der Waals surface area contributed by atoms with Crippen LogP contribution in [-0.4, -0.2) is 45.7 Å². The van der Waals surface area contributed by atoms with Crippen LogP contribution in [0.2, 0.25) is 0 Å². The van der Waals surface area contributed by atoms with E-state index in [-0.39, 0.29) is 29.6 Å². The van der Waals surface area contributed by atoms with Crippen LogP contribution >= 0.6 is 7.82 Å². The molecule has 1 unspecified atom stereocenters. The normalized spacial score (nSPS) is 13.5. The van der Waals surface area contributed by atoms with Crippen molar-refractivity contribution in [3.8, 4) is 0 Å². The Morgan fingerprint density at radius 3 is 2.20 bits per heavy atom. The molecule has 0 amide bonds. The fourth-order valence-electron chi connectivity index (χ4n) is 0.174. The molecule has 0 aliphatic rings. The number of hydrogen-bond donors (Lipinski definition) is 2. The Hall–Kier alpha value is 0.780. The summed E-state index contributed by atoms with van der Waals surface area (Å²) in [5, 5.41) is 0. The minimum absolute atomic E-state index is 0. The predicted molar refractivity (Wildman–Crippen MR) is 35.4 cm³/mol. The third kappa shape index (κ3) is 8.78. The second-order valence-corrected chi connectivity index (χ2v) is 2.37. The molecule has 2 N–H and O–H groups in total. The second-order valence-electron chi connectivity index (χ2n) is 1.18. The van der Waals surface area contributed by atoms with Gasteiger partial charge in [-0.25, -0.2) is 13.5 Å².